The van der Waals surface area contributed by atoms with E-state index < -0.39 is 10.0 Å². The molecule has 8 heteroatoms. The summed E-state index contributed by atoms with van der Waals surface area (Å²) in [5.41, 5.74) is 4.16. The van der Waals surface area contributed by atoms with Crippen molar-refractivity contribution in [3.63, 3.8) is 0 Å². The van der Waals surface area contributed by atoms with Crippen LogP contribution in [0.1, 0.15) is 16.7 Å². The van der Waals surface area contributed by atoms with E-state index in [4.69, 9.17) is 9.84 Å². The predicted octanol–water partition coefficient (Wildman–Crippen LogP) is 3.12. The van der Waals surface area contributed by atoms with Crippen molar-refractivity contribution in [2.24, 2.45) is 0 Å². The van der Waals surface area contributed by atoms with E-state index >= 15 is 0 Å². The molecule has 0 bridgehead atoms. The number of rotatable bonds is 9. The van der Waals surface area contributed by atoms with Gasteiger partial charge in [0.1, 0.15) is 12.9 Å². The Morgan fingerprint density at radius 1 is 1.07 bits per heavy atom. The molecule has 0 saturated heterocycles. The van der Waals surface area contributed by atoms with E-state index in [1.54, 1.807) is 0 Å². The minimum absolute atomic E-state index is 0.0368. The largest absolute Gasteiger partial charge is 0.475 e. The third-order valence-corrected chi connectivity index (χ3v) is 5.79. The second kappa shape index (κ2) is 9.69. The van der Waals surface area contributed by atoms with Gasteiger partial charge in [-0.15, -0.1) is 0 Å². The third-order valence-electron chi connectivity index (χ3n) is 4.55. The van der Waals surface area contributed by atoms with Crippen LogP contribution in [-0.4, -0.2) is 42.5 Å². The lowest BCUT2D eigenvalue weighted by Gasteiger charge is -2.17. The molecule has 0 aliphatic heterocycles. The number of hydrogen-bond donors (Lipinski definition) is 2. The zero-order valence-corrected chi connectivity index (χ0v) is 17.8. The maximum absolute atomic E-state index is 12.8. The van der Waals surface area contributed by atoms with Gasteiger partial charge in [-0.3, -0.25) is 4.72 Å². The first-order valence-corrected chi connectivity index (χ1v) is 11.3. The Bertz CT molecular complexity index is 1100. The highest BCUT2D eigenvalue weighted by atomic mass is 32.2. The fraction of sp³-hybridized carbons (Fsp3) is 0.273. The number of aliphatic hydroxyl groups excluding tert-OH is 1. The molecule has 0 atom stereocenters. The lowest BCUT2D eigenvalue weighted by atomic mass is 10.00. The fourth-order valence-corrected chi connectivity index (χ4v) is 4.19. The summed E-state index contributed by atoms with van der Waals surface area (Å²) in [6.45, 7) is 3.76. The molecule has 0 fully saturated rings. The summed E-state index contributed by atoms with van der Waals surface area (Å²) in [5.74, 6) is 0.282. The second-order valence-corrected chi connectivity index (χ2v) is 8.79. The van der Waals surface area contributed by atoms with Gasteiger partial charge in [0.2, 0.25) is 15.9 Å². The van der Waals surface area contributed by atoms with Crippen LogP contribution in [0.3, 0.4) is 0 Å². The van der Waals surface area contributed by atoms with Crippen molar-refractivity contribution in [3.05, 3.63) is 71.5 Å². The van der Waals surface area contributed by atoms with Crippen LogP contribution in [0.4, 0.5) is 5.82 Å². The summed E-state index contributed by atoms with van der Waals surface area (Å²) in [7, 11) is -3.67. The van der Waals surface area contributed by atoms with E-state index in [1.807, 2.05) is 62.4 Å². The summed E-state index contributed by atoms with van der Waals surface area (Å²) in [6.07, 6.45) is 1.63. The molecular weight excluding hydrogens is 402 g/mol. The van der Waals surface area contributed by atoms with Crippen LogP contribution >= 0.6 is 0 Å². The first-order chi connectivity index (χ1) is 14.4. The van der Waals surface area contributed by atoms with Gasteiger partial charge in [0.05, 0.1) is 17.9 Å². The Labute approximate surface area is 176 Å². The molecule has 2 N–H and O–H groups in total. The summed E-state index contributed by atoms with van der Waals surface area (Å²) in [6, 6.07) is 15.2. The number of hydrogen-bond acceptors (Lipinski definition) is 6. The van der Waals surface area contributed by atoms with Crippen molar-refractivity contribution >= 4 is 15.8 Å². The van der Waals surface area contributed by atoms with Crippen LogP contribution in [0.15, 0.2) is 54.9 Å². The molecule has 0 spiro atoms. The second-order valence-electron chi connectivity index (χ2n) is 6.95. The molecule has 3 rings (SSSR count). The van der Waals surface area contributed by atoms with Gasteiger partial charge in [0.15, 0.2) is 5.82 Å². The third kappa shape index (κ3) is 5.55. The van der Waals surface area contributed by atoms with Crippen molar-refractivity contribution in [1.29, 1.82) is 0 Å². The zero-order chi connectivity index (χ0) is 21.6. The van der Waals surface area contributed by atoms with Gasteiger partial charge >= 0.3 is 0 Å². The molecule has 7 nitrogen and oxygen atoms in total. The Morgan fingerprint density at radius 2 is 1.83 bits per heavy atom. The van der Waals surface area contributed by atoms with Crippen LogP contribution in [-0.2, 0) is 16.4 Å². The standard InChI is InChI=1S/C22H25N3O4S/c1-16-8-9-19(17(2)14-16)20-21(23-15-24-22(20)29-12-11-26)25-30(27,28)13-10-18-6-4-3-5-7-18/h3-9,14-15,26H,10-13H2,1-2H3,(H,23,24,25). The smallest absolute Gasteiger partial charge is 0.234 e. The normalized spacial score (nSPS) is 11.3. The minimum Gasteiger partial charge on any atom is -0.475 e. The molecular formula is C22H25N3O4S. The lowest BCUT2D eigenvalue weighted by molar-refractivity contribution is 0.197. The number of anilines is 1. The Hall–Kier alpha value is -2.97. The highest BCUT2D eigenvalue weighted by Gasteiger charge is 2.21. The molecule has 0 aliphatic carbocycles. The average molecular weight is 428 g/mol. The summed E-state index contributed by atoms with van der Waals surface area (Å²) >= 11 is 0. The number of aryl methyl sites for hydroxylation is 3. The number of nitrogens with zero attached hydrogens (tertiary/aromatic N) is 2. The molecule has 2 aromatic carbocycles. The molecule has 0 aliphatic rings. The van der Waals surface area contributed by atoms with Crippen molar-refractivity contribution in [2.45, 2.75) is 20.3 Å². The number of nitrogens with one attached hydrogen (secondary N) is 1. The van der Waals surface area contributed by atoms with E-state index in [9.17, 15) is 8.42 Å². The number of aromatic nitrogens is 2. The van der Waals surface area contributed by atoms with Crippen LogP contribution in [0.25, 0.3) is 11.1 Å². The van der Waals surface area contributed by atoms with Crippen molar-refractivity contribution in [2.75, 3.05) is 23.7 Å². The van der Waals surface area contributed by atoms with Crippen molar-refractivity contribution in [1.82, 2.24) is 9.97 Å². The number of sulfonamides is 1. The van der Waals surface area contributed by atoms with E-state index in [-0.39, 0.29) is 30.7 Å². The van der Waals surface area contributed by atoms with Gasteiger partial charge in [-0.1, -0.05) is 54.1 Å². The predicted molar refractivity (Wildman–Crippen MR) is 117 cm³/mol. The Morgan fingerprint density at radius 3 is 2.53 bits per heavy atom. The Kier molecular flexibility index (Phi) is 7.02. The van der Waals surface area contributed by atoms with Gasteiger partial charge in [-0.2, -0.15) is 0 Å². The SMILES string of the molecule is Cc1ccc(-c2c(NS(=O)(=O)CCc3ccccc3)ncnc2OCCO)c(C)c1. The minimum atomic E-state index is -3.67. The first-order valence-electron chi connectivity index (χ1n) is 9.60. The summed E-state index contributed by atoms with van der Waals surface area (Å²) < 4.78 is 33.7. The summed E-state index contributed by atoms with van der Waals surface area (Å²) in [5, 5.41) is 9.13. The number of aliphatic hydroxyl groups is 1. The van der Waals surface area contributed by atoms with Gasteiger partial charge in [0.25, 0.3) is 0 Å². The number of ether oxygens (including phenoxy) is 1. The summed E-state index contributed by atoms with van der Waals surface area (Å²) in [4.78, 5) is 8.34. The maximum atomic E-state index is 12.8. The van der Waals surface area contributed by atoms with Crippen LogP contribution in [0.5, 0.6) is 5.88 Å². The molecule has 0 amide bonds. The molecule has 30 heavy (non-hydrogen) atoms. The van der Waals surface area contributed by atoms with Crippen LogP contribution < -0.4 is 9.46 Å². The van der Waals surface area contributed by atoms with Crippen LogP contribution in [0.2, 0.25) is 0 Å². The maximum Gasteiger partial charge on any atom is 0.234 e. The molecule has 0 unspecified atom stereocenters. The molecule has 1 aromatic heterocycles. The Balaban J connectivity index is 1.95. The van der Waals surface area contributed by atoms with Crippen molar-refractivity contribution < 1.29 is 18.3 Å². The molecule has 0 saturated carbocycles. The van der Waals surface area contributed by atoms with Crippen LogP contribution in [0, 0.1) is 13.8 Å². The van der Waals surface area contributed by atoms with E-state index in [1.165, 1.54) is 6.33 Å². The molecule has 0 radical (unpaired) electrons. The van der Waals surface area contributed by atoms with E-state index in [0.29, 0.717) is 12.0 Å². The monoisotopic (exact) mass is 427 g/mol. The molecule has 158 valence electrons. The highest BCUT2D eigenvalue weighted by Crippen LogP contribution is 2.36. The van der Waals surface area contributed by atoms with Gasteiger partial charge in [-0.05, 0) is 37.0 Å². The quantitative estimate of drug-likeness (QED) is 0.544. The van der Waals surface area contributed by atoms with Gasteiger partial charge in [0, 0.05) is 0 Å². The molecule has 3 aromatic rings. The number of benzene rings is 2. The van der Waals surface area contributed by atoms with Crippen molar-refractivity contribution in [3.8, 4) is 17.0 Å². The van der Waals surface area contributed by atoms with Gasteiger partial charge in [-0.25, -0.2) is 18.4 Å². The lowest BCUT2D eigenvalue weighted by Crippen LogP contribution is -2.20. The van der Waals surface area contributed by atoms with E-state index in [2.05, 4.69) is 14.7 Å². The van der Waals surface area contributed by atoms with Gasteiger partial charge < -0.3 is 9.84 Å². The first kappa shape index (κ1) is 21.7. The van der Waals surface area contributed by atoms with E-state index in [0.717, 1.165) is 22.3 Å². The fourth-order valence-electron chi connectivity index (χ4n) is 3.13. The topological polar surface area (TPSA) is 101 Å². The highest BCUT2D eigenvalue weighted by molar-refractivity contribution is 7.92. The molecule has 1 heterocycles. The average Bonchev–Trinajstić information content (AvgIpc) is 2.72. The zero-order valence-electron chi connectivity index (χ0n) is 17.0.